The van der Waals surface area contributed by atoms with Gasteiger partial charge in [-0.2, -0.15) is 0 Å². The van der Waals surface area contributed by atoms with Gasteiger partial charge in [0.2, 0.25) is 5.16 Å². The number of carbonyl (C=O) groups excluding carboxylic acids is 1. The van der Waals surface area contributed by atoms with Crippen molar-refractivity contribution < 1.29 is 4.79 Å². The molecule has 2 aromatic heterocycles. The Morgan fingerprint density at radius 1 is 1.14 bits per heavy atom. The number of aryl methyl sites for hydroxylation is 1. The fourth-order valence-corrected chi connectivity index (χ4v) is 4.30. The molecule has 0 amide bonds. The molecule has 4 aromatic rings. The van der Waals surface area contributed by atoms with E-state index in [2.05, 4.69) is 34.2 Å². The van der Waals surface area contributed by atoms with Crippen LogP contribution in [0.3, 0.4) is 0 Å². The summed E-state index contributed by atoms with van der Waals surface area (Å²) in [5.41, 5.74) is 3.81. The molecule has 0 spiro atoms. The van der Waals surface area contributed by atoms with Crippen LogP contribution in [0, 0.1) is 6.92 Å². The molecule has 4 rings (SSSR count). The highest BCUT2D eigenvalue weighted by atomic mass is 32.2. The van der Waals surface area contributed by atoms with E-state index in [1.165, 1.54) is 22.0 Å². The van der Waals surface area contributed by atoms with Crippen LogP contribution >= 0.6 is 11.8 Å². The van der Waals surface area contributed by atoms with Gasteiger partial charge in [-0.15, -0.1) is 10.2 Å². The normalized spacial score (nSPS) is 12.3. The lowest BCUT2D eigenvalue weighted by atomic mass is 9.98. The van der Waals surface area contributed by atoms with Gasteiger partial charge in [-0.25, -0.2) is 4.68 Å². The Balaban J connectivity index is 1.45. The molecule has 2 heterocycles. The first-order valence-electron chi connectivity index (χ1n) is 9.52. The third-order valence-electron chi connectivity index (χ3n) is 5.10. The lowest BCUT2D eigenvalue weighted by molar-refractivity contribution is 0.102. The van der Waals surface area contributed by atoms with Crippen molar-refractivity contribution in [2.45, 2.75) is 31.3 Å². The van der Waals surface area contributed by atoms with Crippen molar-refractivity contribution in [2.24, 2.45) is 0 Å². The number of hydrogen-bond donors (Lipinski definition) is 2. The molecule has 0 saturated heterocycles. The Bertz CT molecular complexity index is 1150. The van der Waals surface area contributed by atoms with E-state index in [4.69, 9.17) is 5.84 Å². The first-order valence-corrected chi connectivity index (χ1v) is 10.5. The summed E-state index contributed by atoms with van der Waals surface area (Å²) in [7, 11) is 0. The second-order valence-electron chi connectivity index (χ2n) is 7.17. The van der Waals surface area contributed by atoms with Gasteiger partial charge >= 0.3 is 0 Å². The average molecular weight is 406 g/mol. The van der Waals surface area contributed by atoms with Crippen molar-refractivity contribution in [3.63, 3.8) is 0 Å². The van der Waals surface area contributed by atoms with Gasteiger partial charge in [0.25, 0.3) is 0 Å². The van der Waals surface area contributed by atoms with E-state index in [0.29, 0.717) is 17.4 Å². The number of aromatic amines is 1. The number of nitrogens with zero attached hydrogens (tertiary/aromatic N) is 3. The van der Waals surface area contributed by atoms with Crippen molar-refractivity contribution in [3.8, 4) is 0 Å². The van der Waals surface area contributed by atoms with Gasteiger partial charge in [0.05, 0.1) is 5.75 Å². The Hall–Kier alpha value is -3.06. The topological polar surface area (TPSA) is 89.6 Å². The molecule has 29 heavy (non-hydrogen) atoms. The molecular weight excluding hydrogens is 382 g/mol. The zero-order valence-electron chi connectivity index (χ0n) is 16.4. The van der Waals surface area contributed by atoms with Crippen LogP contribution in [0.1, 0.15) is 40.3 Å². The Morgan fingerprint density at radius 3 is 2.66 bits per heavy atom. The minimum Gasteiger partial charge on any atom is -0.358 e. The summed E-state index contributed by atoms with van der Waals surface area (Å²) in [6, 6.07) is 18.1. The lowest BCUT2D eigenvalue weighted by Gasteiger charge is -2.11. The van der Waals surface area contributed by atoms with Gasteiger partial charge in [-0.3, -0.25) is 4.79 Å². The second kappa shape index (κ2) is 8.13. The fourth-order valence-electron chi connectivity index (χ4n) is 3.56. The monoisotopic (exact) mass is 405 g/mol. The summed E-state index contributed by atoms with van der Waals surface area (Å²) in [4.78, 5) is 16.1. The van der Waals surface area contributed by atoms with E-state index < -0.39 is 0 Å². The standard InChI is InChI=1S/C22H23N5OS/c1-14(16-8-4-3-5-9-16)12-20-25-26-22(27(20)23)29-13-19(28)21-15(2)24-18-11-7-6-10-17(18)21/h3-11,14,24H,12-13,23H2,1-2H3/t14-/m1/s1. The summed E-state index contributed by atoms with van der Waals surface area (Å²) in [6.45, 7) is 4.06. The average Bonchev–Trinajstić information content (AvgIpc) is 3.25. The second-order valence-corrected chi connectivity index (χ2v) is 8.11. The zero-order valence-corrected chi connectivity index (χ0v) is 17.2. The number of nitrogens with one attached hydrogen (secondary N) is 1. The molecule has 0 aliphatic rings. The van der Waals surface area contributed by atoms with E-state index in [1.807, 2.05) is 49.4 Å². The van der Waals surface area contributed by atoms with Crippen molar-refractivity contribution in [1.82, 2.24) is 19.9 Å². The number of para-hydroxylation sites is 1. The first-order chi connectivity index (χ1) is 14.0. The van der Waals surface area contributed by atoms with Crippen LogP contribution in [0.4, 0.5) is 0 Å². The van der Waals surface area contributed by atoms with Crippen LogP contribution in [0.25, 0.3) is 10.9 Å². The minimum absolute atomic E-state index is 0.0483. The number of carbonyl (C=O) groups is 1. The maximum absolute atomic E-state index is 12.9. The van der Waals surface area contributed by atoms with E-state index in [-0.39, 0.29) is 17.5 Å². The highest BCUT2D eigenvalue weighted by Gasteiger charge is 2.19. The fraction of sp³-hybridized carbons (Fsp3) is 0.227. The molecule has 0 fully saturated rings. The number of nitrogens with two attached hydrogens (primary N) is 1. The van der Waals surface area contributed by atoms with Gasteiger partial charge < -0.3 is 10.8 Å². The number of nitrogen functional groups attached to an aromatic ring is 1. The van der Waals surface area contributed by atoms with Crippen molar-refractivity contribution in [1.29, 1.82) is 0 Å². The third-order valence-corrected chi connectivity index (χ3v) is 6.04. The SMILES string of the molecule is Cc1[nH]c2ccccc2c1C(=O)CSc1nnc(C[C@@H](C)c2ccccc2)n1N. The molecule has 0 aliphatic heterocycles. The van der Waals surface area contributed by atoms with Crippen LogP contribution < -0.4 is 5.84 Å². The highest BCUT2D eigenvalue weighted by Crippen LogP contribution is 2.26. The molecule has 0 unspecified atom stereocenters. The van der Waals surface area contributed by atoms with Gasteiger partial charge in [0, 0.05) is 28.6 Å². The number of rotatable bonds is 7. The van der Waals surface area contributed by atoms with Gasteiger partial charge in [0.15, 0.2) is 11.6 Å². The quantitative estimate of drug-likeness (QED) is 0.274. The number of thioether (sulfide) groups is 1. The molecular formula is C22H23N5OS. The largest absolute Gasteiger partial charge is 0.358 e. The Kier molecular flexibility index (Phi) is 5.40. The number of fused-ring (bicyclic) bond motifs is 1. The number of Topliss-reactive ketones (excluding diaryl/α,β-unsaturated/α-hetero) is 1. The summed E-state index contributed by atoms with van der Waals surface area (Å²) in [6.07, 6.45) is 0.684. The van der Waals surface area contributed by atoms with Crippen LogP contribution in [0.2, 0.25) is 0 Å². The van der Waals surface area contributed by atoms with Crippen LogP contribution in [-0.2, 0) is 6.42 Å². The predicted octanol–water partition coefficient (Wildman–Crippen LogP) is 4.10. The summed E-state index contributed by atoms with van der Waals surface area (Å²) in [5, 5.41) is 9.92. The lowest BCUT2D eigenvalue weighted by Crippen LogP contribution is -2.16. The molecule has 0 radical (unpaired) electrons. The van der Waals surface area contributed by atoms with Crippen LogP contribution in [-0.4, -0.2) is 31.4 Å². The van der Waals surface area contributed by atoms with Crippen molar-refractivity contribution in [3.05, 3.63) is 77.2 Å². The number of hydrogen-bond acceptors (Lipinski definition) is 5. The van der Waals surface area contributed by atoms with Crippen LogP contribution in [0.5, 0.6) is 0 Å². The third kappa shape index (κ3) is 3.91. The Morgan fingerprint density at radius 2 is 1.86 bits per heavy atom. The minimum atomic E-state index is 0.0483. The molecule has 6 nitrogen and oxygen atoms in total. The number of H-pyrrole nitrogens is 1. The van der Waals surface area contributed by atoms with Crippen molar-refractivity contribution in [2.75, 3.05) is 11.6 Å². The smallest absolute Gasteiger partial charge is 0.210 e. The highest BCUT2D eigenvalue weighted by molar-refractivity contribution is 7.99. The molecule has 7 heteroatoms. The maximum Gasteiger partial charge on any atom is 0.210 e. The zero-order chi connectivity index (χ0) is 20.4. The van der Waals surface area contributed by atoms with Gasteiger partial charge in [0.1, 0.15) is 0 Å². The van der Waals surface area contributed by atoms with E-state index in [1.54, 1.807) is 0 Å². The molecule has 0 aliphatic carbocycles. The van der Waals surface area contributed by atoms with E-state index >= 15 is 0 Å². The molecule has 0 bridgehead atoms. The number of benzene rings is 2. The predicted molar refractivity (Wildman–Crippen MR) is 117 cm³/mol. The first kappa shape index (κ1) is 19.3. The molecule has 3 N–H and O–H groups in total. The van der Waals surface area contributed by atoms with Gasteiger partial charge in [-0.1, -0.05) is 67.2 Å². The molecule has 148 valence electrons. The van der Waals surface area contributed by atoms with Gasteiger partial charge in [-0.05, 0) is 24.5 Å². The number of aromatic nitrogens is 4. The molecule has 2 aromatic carbocycles. The Labute approximate surface area is 173 Å². The molecule has 0 saturated carbocycles. The summed E-state index contributed by atoms with van der Waals surface area (Å²) >= 11 is 1.32. The number of ketones is 1. The van der Waals surface area contributed by atoms with E-state index in [0.717, 1.165) is 22.2 Å². The van der Waals surface area contributed by atoms with Crippen LogP contribution in [0.15, 0.2) is 59.8 Å². The summed E-state index contributed by atoms with van der Waals surface area (Å²) in [5.74, 6) is 7.49. The van der Waals surface area contributed by atoms with E-state index in [9.17, 15) is 4.79 Å². The molecule has 1 atom stereocenters. The maximum atomic E-state index is 12.9. The summed E-state index contributed by atoms with van der Waals surface area (Å²) < 4.78 is 1.50. The van der Waals surface area contributed by atoms with Crippen molar-refractivity contribution >= 4 is 28.4 Å².